The Labute approximate surface area is 194 Å². The van der Waals surface area contributed by atoms with E-state index >= 15 is 0 Å². The first-order chi connectivity index (χ1) is 15.2. The number of fused-ring (bicyclic) bond motifs is 1. The lowest BCUT2D eigenvalue weighted by molar-refractivity contribution is 0.0577. The summed E-state index contributed by atoms with van der Waals surface area (Å²) in [6.45, 7) is 5.65. The molecule has 0 spiro atoms. The Balaban J connectivity index is 1.60. The summed E-state index contributed by atoms with van der Waals surface area (Å²) in [5, 5.41) is 2.02. The van der Waals surface area contributed by atoms with Gasteiger partial charge in [-0.05, 0) is 50.1 Å². The maximum atomic E-state index is 13.3. The van der Waals surface area contributed by atoms with Crippen LogP contribution < -0.4 is 4.90 Å². The predicted octanol–water partition coefficient (Wildman–Crippen LogP) is 6.34. The molecule has 0 aliphatic carbocycles. The van der Waals surface area contributed by atoms with Gasteiger partial charge < -0.3 is 9.72 Å². The lowest BCUT2D eigenvalue weighted by Crippen LogP contribution is -2.36. The number of nitrogens with one attached hydrogen (secondary N) is 1. The summed E-state index contributed by atoms with van der Waals surface area (Å²) in [6.07, 6.45) is 5.35. The van der Waals surface area contributed by atoms with Crippen LogP contribution in [-0.2, 0) is 17.7 Å². The molecule has 0 aliphatic rings. The molecule has 9 heteroatoms. The number of aromatic nitrogens is 3. The van der Waals surface area contributed by atoms with E-state index in [1.165, 1.54) is 28.4 Å². The van der Waals surface area contributed by atoms with Crippen molar-refractivity contribution in [2.45, 2.75) is 39.3 Å². The van der Waals surface area contributed by atoms with E-state index in [4.69, 9.17) is 16.3 Å². The molecular formula is C23H22ClFN4O2S. The molecule has 0 atom stereocenters. The zero-order valence-corrected chi connectivity index (χ0v) is 19.4. The number of halogens is 2. The van der Waals surface area contributed by atoms with Gasteiger partial charge in [-0.15, -0.1) is 11.3 Å². The number of benzene rings is 1. The minimum Gasteiger partial charge on any atom is -0.443 e. The van der Waals surface area contributed by atoms with Gasteiger partial charge in [0.05, 0.1) is 11.6 Å². The number of hydrogen-bond acceptors (Lipinski definition) is 5. The first kappa shape index (κ1) is 22.2. The molecule has 3 aromatic heterocycles. The zero-order valence-electron chi connectivity index (χ0n) is 17.9. The molecule has 166 valence electrons. The number of hydrogen-bond donors (Lipinski definition) is 1. The number of carbonyl (C=O) groups is 1. The number of ether oxygens (including phenoxy) is 1. The van der Waals surface area contributed by atoms with Crippen molar-refractivity contribution in [3.8, 4) is 0 Å². The highest BCUT2D eigenvalue weighted by molar-refractivity contribution is 7.15. The molecule has 0 fully saturated rings. The lowest BCUT2D eigenvalue weighted by Gasteiger charge is -2.25. The van der Waals surface area contributed by atoms with Gasteiger partial charge in [-0.25, -0.2) is 24.1 Å². The van der Waals surface area contributed by atoms with E-state index in [9.17, 15) is 9.18 Å². The summed E-state index contributed by atoms with van der Waals surface area (Å²) < 4.78 is 18.9. The number of carbonyl (C=O) groups excluding carboxylic acids is 1. The molecule has 0 bridgehead atoms. The number of anilines is 1. The molecular weight excluding hydrogens is 451 g/mol. The summed E-state index contributed by atoms with van der Waals surface area (Å²) in [6, 6.07) is 7.89. The van der Waals surface area contributed by atoms with Crippen LogP contribution in [0.15, 0.2) is 48.9 Å². The number of H-pyrrole nitrogens is 1. The van der Waals surface area contributed by atoms with Crippen molar-refractivity contribution in [2.75, 3.05) is 4.90 Å². The third-order valence-corrected chi connectivity index (χ3v) is 5.82. The van der Waals surface area contributed by atoms with Crippen molar-refractivity contribution < 1.29 is 13.9 Å². The van der Waals surface area contributed by atoms with Crippen LogP contribution in [0, 0.1) is 5.82 Å². The molecule has 1 amide bonds. The quantitative estimate of drug-likeness (QED) is 0.367. The Bertz CT molecular complexity index is 1250. The second-order valence-electron chi connectivity index (χ2n) is 8.34. The minimum absolute atomic E-state index is 0.217. The molecule has 1 aromatic carbocycles. The summed E-state index contributed by atoms with van der Waals surface area (Å²) in [7, 11) is 0. The molecule has 4 aromatic rings. The Morgan fingerprint density at radius 3 is 2.69 bits per heavy atom. The molecule has 0 unspecified atom stereocenters. The second kappa shape index (κ2) is 8.88. The molecule has 0 saturated heterocycles. The normalized spacial score (nSPS) is 11.7. The maximum absolute atomic E-state index is 13.3. The van der Waals surface area contributed by atoms with Crippen LogP contribution >= 0.6 is 22.9 Å². The average Bonchev–Trinajstić information content (AvgIpc) is 3.33. The monoisotopic (exact) mass is 472 g/mol. The third kappa shape index (κ3) is 5.26. The molecule has 3 heterocycles. The average molecular weight is 473 g/mol. The van der Waals surface area contributed by atoms with Crippen LogP contribution in [0.25, 0.3) is 11.0 Å². The molecule has 6 nitrogen and oxygen atoms in total. The highest BCUT2D eigenvalue weighted by Crippen LogP contribution is 2.30. The smallest absolute Gasteiger partial charge is 0.416 e. The number of pyridine rings is 1. The number of thiazole rings is 1. The number of amides is 1. The van der Waals surface area contributed by atoms with Crippen LogP contribution in [0.4, 0.5) is 14.3 Å². The van der Waals surface area contributed by atoms with Crippen molar-refractivity contribution in [3.63, 3.8) is 0 Å². The van der Waals surface area contributed by atoms with Crippen LogP contribution in [0.5, 0.6) is 0 Å². The summed E-state index contributed by atoms with van der Waals surface area (Å²) in [4.78, 5) is 27.3. The van der Waals surface area contributed by atoms with Gasteiger partial charge >= 0.3 is 6.09 Å². The summed E-state index contributed by atoms with van der Waals surface area (Å²) >= 11 is 7.50. The van der Waals surface area contributed by atoms with E-state index in [2.05, 4.69) is 15.0 Å². The molecule has 32 heavy (non-hydrogen) atoms. The van der Waals surface area contributed by atoms with Crippen molar-refractivity contribution in [2.24, 2.45) is 0 Å². The van der Waals surface area contributed by atoms with E-state index in [0.29, 0.717) is 16.6 Å². The fourth-order valence-corrected chi connectivity index (χ4v) is 4.25. The first-order valence-corrected chi connectivity index (χ1v) is 11.2. The maximum Gasteiger partial charge on any atom is 0.416 e. The molecule has 4 rings (SSSR count). The highest BCUT2D eigenvalue weighted by atomic mass is 35.5. The molecule has 1 N–H and O–H groups in total. The number of nitrogens with zero attached hydrogens (tertiary/aromatic N) is 3. The van der Waals surface area contributed by atoms with Gasteiger partial charge in [0.15, 0.2) is 5.13 Å². The predicted molar refractivity (Wildman–Crippen MR) is 125 cm³/mol. The van der Waals surface area contributed by atoms with Crippen molar-refractivity contribution in [1.29, 1.82) is 0 Å². The van der Waals surface area contributed by atoms with Crippen LogP contribution in [0.1, 0.15) is 36.8 Å². The summed E-state index contributed by atoms with van der Waals surface area (Å²) in [5.74, 6) is -0.331. The second-order valence-corrected chi connectivity index (χ2v) is 9.87. The number of rotatable bonds is 5. The van der Waals surface area contributed by atoms with E-state index < -0.39 is 11.7 Å². The van der Waals surface area contributed by atoms with E-state index in [1.807, 2.05) is 33.0 Å². The van der Waals surface area contributed by atoms with E-state index in [0.717, 1.165) is 27.0 Å². The summed E-state index contributed by atoms with van der Waals surface area (Å²) in [5.41, 5.74) is 1.91. The van der Waals surface area contributed by atoms with Crippen molar-refractivity contribution in [1.82, 2.24) is 15.0 Å². The zero-order chi connectivity index (χ0) is 22.9. The molecule has 0 radical (unpaired) electrons. The highest BCUT2D eigenvalue weighted by Gasteiger charge is 2.26. The Morgan fingerprint density at radius 1 is 1.22 bits per heavy atom. The van der Waals surface area contributed by atoms with Gasteiger partial charge in [0.1, 0.15) is 17.1 Å². The third-order valence-electron chi connectivity index (χ3n) is 4.59. The van der Waals surface area contributed by atoms with Gasteiger partial charge in [-0.2, -0.15) is 0 Å². The van der Waals surface area contributed by atoms with Crippen LogP contribution in [0.2, 0.25) is 5.02 Å². The largest absolute Gasteiger partial charge is 0.443 e. The van der Waals surface area contributed by atoms with E-state index in [-0.39, 0.29) is 12.4 Å². The SMILES string of the molecule is CC(C)(C)OC(=O)N(Cc1ccc(F)cc1)c1ncc(Cc2c[nH]c3ncc(Cl)cc23)s1. The van der Waals surface area contributed by atoms with E-state index in [1.54, 1.807) is 24.5 Å². The fraction of sp³-hybridized carbons (Fsp3) is 0.261. The van der Waals surface area contributed by atoms with Crippen molar-refractivity contribution >= 4 is 45.2 Å². The Morgan fingerprint density at radius 2 is 1.97 bits per heavy atom. The van der Waals surface area contributed by atoms with Gasteiger partial charge in [0.25, 0.3) is 0 Å². The van der Waals surface area contributed by atoms with Gasteiger partial charge in [-0.1, -0.05) is 23.7 Å². The van der Waals surface area contributed by atoms with Crippen LogP contribution in [-0.4, -0.2) is 26.6 Å². The standard InChI is InChI=1S/C23H22ClFN4O2S/c1-23(2,3)31-22(30)29(13-14-4-6-17(25)7-5-14)21-28-12-18(32-21)8-15-10-26-20-19(15)9-16(24)11-27-20/h4-7,9-12H,8,13H2,1-3H3,(H,26,27). The lowest BCUT2D eigenvalue weighted by atomic mass is 10.1. The Kier molecular flexibility index (Phi) is 6.17. The van der Waals surface area contributed by atoms with Crippen molar-refractivity contribution in [3.05, 3.63) is 75.8 Å². The molecule has 0 aliphatic heterocycles. The topological polar surface area (TPSA) is 71.1 Å². The van der Waals surface area contributed by atoms with Crippen LogP contribution in [0.3, 0.4) is 0 Å². The first-order valence-electron chi connectivity index (χ1n) is 9.99. The molecule has 0 saturated carbocycles. The number of aromatic amines is 1. The van der Waals surface area contributed by atoms with Gasteiger partial charge in [0.2, 0.25) is 0 Å². The Hall–Kier alpha value is -2.97. The van der Waals surface area contributed by atoms with Gasteiger partial charge in [-0.3, -0.25) is 0 Å². The fourth-order valence-electron chi connectivity index (χ4n) is 3.17. The van der Waals surface area contributed by atoms with Gasteiger partial charge in [0, 0.05) is 35.3 Å². The minimum atomic E-state index is -0.658.